The van der Waals surface area contributed by atoms with Gasteiger partial charge in [-0.2, -0.15) is 0 Å². The Labute approximate surface area is 197 Å². The maximum atomic E-state index is 14.9. The summed E-state index contributed by atoms with van der Waals surface area (Å²) in [6, 6.07) is 18.4. The number of benzene rings is 3. The fourth-order valence-electron chi connectivity index (χ4n) is 3.37. The highest BCUT2D eigenvalue weighted by Crippen LogP contribution is 2.28. The zero-order valence-corrected chi connectivity index (χ0v) is 18.8. The largest absolute Gasteiger partial charge is 0.493 e. The van der Waals surface area contributed by atoms with Crippen LogP contribution in [0.15, 0.2) is 66.7 Å². The van der Waals surface area contributed by atoms with Gasteiger partial charge in [-0.3, -0.25) is 10.2 Å². The molecule has 4 N–H and O–H groups in total. The number of hydrogen-bond donors (Lipinski definition) is 3. The van der Waals surface area contributed by atoms with Crippen molar-refractivity contribution in [3.8, 4) is 5.75 Å². The van der Waals surface area contributed by atoms with Crippen molar-refractivity contribution in [3.63, 3.8) is 0 Å². The molecule has 0 aliphatic heterocycles. The summed E-state index contributed by atoms with van der Waals surface area (Å²) >= 11 is 0. The van der Waals surface area contributed by atoms with Gasteiger partial charge in [0.25, 0.3) is 5.91 Å². The van der Waals surface area contributed by atoms with E-state index in [0.717, 1.165) is 23.3 Å². The Morgan fingerprint density at radius 3 is 2.26 bits per heavy atom. The Morgan fingerprint density at radius 2 is 1.68 bits per heavy atom. The normalized spacial score (nSPS) is 11.6. The molecule has 1 amide bonds. The number of nitrogen functional groups attached to an aromatic ring is 1. The van der Waals surface area contributed by atoms with Gasteiger partial charge >= 0.3 is 0 Å². The number of carbonyl (C=O) groups excluding carboxylic acids is 1. The predicted octanol–water partition coefficient (Wildman–Crippen LogP) is 4.26. The van der Waals surface area contributed by atoms with E-state index < -0.39 is 29.2 Å². The average Bonchev–Trinajstić information content (AvgIpc) is 2.82. The summed E-state index contributed by atoms with van der Waals surface area (Å²) in [5, 5.41) is 10.1. The summed E-state index contributed by atoms with van der Waals surface area (Å²) in [4.78, 5) is 12.7. The molecule has 0 aromatic heterocycles. The van der Waals surface area contributed by atoms with Gasteiger partial charge in [0.05, 0.1) is 12.2 Å². The van der Waals surface area contributed by atoms with Crippen LogP contribution in [0.1, 0.15) is 35.3 Å². The Bertz CT molecular complexity index is 1100. The van der Waals surface area contributed by atoms with Crippen LogP contribution in [0.3, 0.4) is 0 Å². The van der Waals surface area contributed by atoms with E-state index in [-0.39, 0.29) is 31.3 Å². The van der Waals surface area contributed by atoms with Crippen LogP contribution in [0, 0.1) is 17.0 Å². The van der Waals surface area contributed by atoms with Gasteiger partial charge in [-0.1, -0.05) is 54.6 Å². The second kappa shape index (κ2) is 11.9. The molecule has 1 atom stereocenters. The first kappa shape index (κ1) is 24.9. The monoisotopic (exact) mass is 467 g/mol. The summed E-state index contributed by atoms with van der Waals surface area (Å²) in [5.41, 5.74) is 7.29. The molecule has 0 radical (unpaired) electrons. The zero-order valence-electron chi connectivity index (χ0n) is 18.8. The van der Waals surface area contributed by atoms with Crippen LogP contribution < -0.4 is 15.8 Å². The number of amides is 1. The van der Waals surface area contributed by atoms with Gasteiger partial charge in [-0.25, -0.2) is 8.78 Å². The number of nitrogens with two attached hydrogens (primary N) is 1. The summed E-state index contributed by atoms with van der Waals surface area (Å²) in [5.74, 6) is -2.54. The molecule has 0 aliphatic rings. The topological polar surface area (TPSA) is 97.4 Å². The molecule has 0 saturated carbocycles. The van der Waals surface area contributed by atoms with E-state index in [9.17, 15) is 13.6 Å². The van der Waals surface area contributed by atoms with Crippen LogP contribution in [0.5, 0.6) is 5.75 Å². The number of carbonyl (C=O) groups is 1. The van der Waals surface area contributed by atoms with Crippen LogP contribution >= 0.6 is 0 Å². The number of amidine groups is 1. The molecule has 0 fully saturated rings. The van der Waals surface area contributed by atoms with Crippen molar-refractivity contribution in [1.29, 1.82) is 5.41 Å². The highest BCUT2D eigenvalue weighted by molar-refractivity contribution is 5.94. The lowest BCUT2D eigenvalue weighted by atomic mass is 10.1. The quantitative estimate of drug-likeness (QED) is 0.290. The standard InChI is InChI=1S/C26H27F2N3O3/c1-2-33-24(26(32)31-16-18-8-10-19(11-9-18)25(29)30)23-21(27)14-20(15-22(23)28)34-13-12-17-6-4-3-5-7-17/h3-11,14-15,24H,2,12-13,16H2,1H3,(H3,29,30)(H,31,32). The molecular weight excluding hydrogens is 440 g/mol. The SMILES string of the molecule is CCOC(C(=O)NCc1ccc(C(=N)N)cc1)c1c(F)cc(OCCc2ccccc2)cc1F. The number of halogens is 2. The van der Waals surface area contributed by atoms with E-state index in [1.807, 2.05) is 30.3 Å². The fraction of sp³-hybridized carbons (Fsp3) is 0.231. The van der Waals surface area contributed by atoms with Gasteiger partial charge < -0.3 is 20.5 Å². The van der Waals surface area contributed by atoms with Crippen LogP contribution in [-0.2, 0) is 22.5 Å². The summed E-state index contributed by atoms with van der Waals surface area (Å²) in [6.07, 6.45) is -0.872. The van der Waals surface area contributed by atoms with E-state index >= 15 is 0 Å². The third-order valence-electron chi connectivity index (χ3n) is 5.12. The molecule has 0 saturated heterocycles. The third kappa shape index (κ3) is 6.62. The smallest absolute Gasteiger partial charge is 0.254 e. The molecule has 3 aromatic rings. The Kier molecular flexibility index (Phi) is 8.70. The minimum absolute atomic E-state index is 0.0379. The first-order valence-corrected chi connectivity index (χ1v) is 10.9. The minimum atomic E-state index is -1.46. The van der Waals surface area contributed by atoms with Crippen molar-refractivity contribution < 1.29 is 23.0 Å². The highest BCUT2D eigenvalue weighted by atomic mass is 19.1. The van der Waals surface area contributed by atoms with Crippen molar-refractivity contribution in [1.82, 2.24) is 5.32 Å². The molecule has 0 spiro atoms. The number of hydrogen-bond acceptors (Lipinski definition) is 4. The van der Waals surface area contributed by atoms with Gasteiger partial charge in [-0.05, 0) is 18.1 Å². The Morgan fingerprint density at radius 1 is 1.03 bits per heavy atom. The van der Waals surface area contributed by atoms with Crippen LogP contribution in [-0.4, -0.2) is 25.0 Å². The van der Waals surface area contributed by atoms with E-state index in [2.05, 4.69) is 5.32 Å². The Hall–Kier alpha value is -3.78. The molecule has 3 rings (SSSR count). The minimum Gasteiger partial charge on any atom is -0.493 e. The van der Waals surface area contributed by atoms with Crippen molar-refractivity contribution in [3.05, 3.63) is 101 Å². The highest BCUT2D eigenvalue weighted by Gasteiger charge is 2.28. The number of ether oxygens (including phenoxy) is 2. The molecule has 8 heteroatoms. The third-order valence-corrected chi connectivity index (χ3v) is 5.12. The second-order valence-electron chi connectivity index (χ2n) is 7.55. The second-order valence-corrected chi connectivity index (χ2v) is 7.55. The van der Waals surface area contributed by atoms with Crippen LogP contribution in [0.4, 0.5) is 8.78 Å². The predicted molar refractivity (Wildman–Crippen MR) is 126 cm³/mol. The van der Waals surface area contributed by atoms with Crippen molar-refractivity contribution in [2.24, 2.45) is 5.73 Å². The molecule has 3 aromatic carbocycles. The van der Waals surface area contributed by atoms with Crippen LogP contribution in [0.25, 0.3) is 0 Å². The lowest BCUT2D eigenvalue weighted by Crippen LogP contribution is -2.31. The van der Waals surface area contributed by atoms with Crippen molar-refractivity contribution in [2.75, 3.05) is 13.2 Å². The molecule has 1 unspecified atom stereocenters. The number of nitrogens with one attached hydrogen (secondary N) is 2. The fourth-order valence-corrected chi connectivity index (χ4v) is 3.37. The summed E-state index contributed by atoms with van der Waals surface area (Å²) < 4.78 is 40.6. The van der Waals surface area contributed by atoms with E-state index in [1.54, 1.807) is 31.2 Å². The van der Waals surface area contributed by atoms with Gasteiger partial charge in [0.15, 0.2) is 6.10 Å². The van der Waals surface area contributed by atoms with Gasteiger partial charge in [0.1, 0.15) is 23.2 Å². The maximum Gasteiger partial charge on any atom is 0.254 e. The van der Waals surface area contributed by atoms with Gasteiger partial charge in [0, 0.05) is 37.3 Å². The lowest BCUT2D eigenvalue weighted by molar-refractivity contribution is -0.133. The molecule has 0 heterocycles. The van der Waals surface area contributed by atoms with Crippen LogP contribution in [0.2, 0.25) is 0 Å². The first-order chi connectivity index (χ1) is 16.4. The molecule has 6 nitrogen and oxygen atoms in total. The molecular formula is C26H27F2N3O3. The molecule has 0 aliphatic carbocycles. The van der Waals surface area contributed by atoms with E-state index in [1.165, 1.54) is 0 Å². The first-order valence-electron chi connectivity index (χ1n) is 10.9. The summed E-state index contributed by atoms with van der Waals surface area (Å²) in [7, 11) is 0. The zero-order chi connectivity index (χ0) is 24.5. The lowest BCUT2D eigenvalue weighted by Gasteiger charge is -2.19. The van der Waals surface area contributed by atoms with Crippen molar-refractivity contribution in [2.45, 2.75) is 26.0 Å². The molecule has 178 valence electrons. The molecule has 34 heavy (non-hydrogen) atoms. The average molecular weight is 468 g/mol. The van der Waals surface area contributed by atoms with Gasteiger partial charge in [0.2, 0.25) is 0 Å². The van der Waals surface area contributed by atoms with E-state index in [4.69, 9.17) is 20.6 Å². The summed E-state index contributed by atoms with van der Waals surface area (Å²) in [6.45, 7) is 2.09. The number of rotatable bonds is 11. The molecule has 0 bridgehead atoms. The Balaban J connectivity index is 1.67. The van der Waals surface area contributed by atoms with E-state index in [0.29, 0.717) is 12.0 Å². The van der Waals surface area contributed by atoms with Gasteiger partial charge in [-0.15, -0.1) is 0 Å². The maximum absolute atomic E-state index is 14.9. The van der Waals surface area contributed by atoms with Crippen molar-refractivity contribution >= 4 is 11.7 Å².